The third-order valence-electron chi connectivity index (χ3n) is 16.8. The molecule has 3 aliphatic heterocycles. The number of carbonyl (C=O) groups is 1. The van der Waals surface area contributed by atoms with Crippen LogP contribution < -0.4 is 15.4 Å². The minimum atomic E-state index is -0.149. The molecule has 1 aromatic heterocycles. The highest BCUT2D eigenvalue weighted by molar-refractivity contribution is 5.85. The summed E-state index contributed by atoms with van der Waals surface area (Å²) >= 11 is 0. The fraction of sp³-hybridized carbons (Fsp3) is 0.708. The average molecular weight is 735 g/mol. The molecule has 1 aromatic carbocycles. The predicted octanol–water partition coefficient (Wildman–Crippen LogP) is 10.9. The molecule has 3 saturated heterocycles. The van der Waals surface area contributed by atoms with Gasteiger partial charge in [0.2, 0.25) is 0 Å². The maximum Gasteiger partial charge on any atom is 0.315 e. The van der Waals surface area contributed by atoms with Gasteiger partial charge in [-0.15, -0.1) is 6.58 Å². The average Bonchev–Trinajstić information content (AvgIpc) is 3.54. The highest BCUT2D eigenvalue weighted by Gasteiger charge is 2.59. The van der Waals surface area contributed by atoms with Crippen LogP contribution in [-0.4, -0.2) is 48.2 Å². The number of piperidine rings is 3. The molecule has 2 N–H and O–H groups in total. The van der Waals surface area contributed by atoms with E-state index in [1.807, 2.05) is 18.3 Å². The van der Waals surface area contributed by atoms with Crippen LogP contribution in [0.3, 0.4) is 0 Å². The molecular formula is C48H70N4O2. The van der Waals surface area contributed by atoms with Crippen molar-refractivity contribution in [1.82, 2.24) is 20.5 Å². The summed E-state index contributed by atoms with van der Waals surface area (Å²) in [7, 11) is 1.71. The summed E-state index contributed by atoms with van der Waals surface area (Å²) in [5, 5.41) is 8.17. The van der Waals surface area contributed by atoms with Gasteiger partial charge >= 0.3 is 6.03 Å². The van der Waals surface area contributed by atoms with Crippen LogP contribution in [0.25, 0.3) is 10.9 Å². The lowest BCUT2D eigenvalue weighted by atomic mass is 9.47. The number of hydrogen-bond acceptors (Lipinski definition) is 4. The molecule has 0 spiro atoms. The lowest BCUT2D eigenvalue weighted by molar-refractivity contribution is -0.0513. The summed E-state index contributed by atoms with van der Waals surface area (Å²) in [5.41, 5.74) is 4.48. The van der Waals surface area contributed by atoms with E-state index in [9.17, 15) is 4.79 Å². The van der Waals surface area contributed by atoms with E-state index in [1.54, 1.807) is 12.7 Å². The summed E-state index contributed by atoms with van der Waals surface area (Å²) in [6.45, 7) is 18.9. The molecule has 0 radical (unpaired) electrons. The Balaban J connectivity index is 0.966. The Labute approximate surface area is 326 Å². The minimum absolute atomic E-state index is 0.0355. The zero-order valence-electron chi connectivity index (χ0n) is 34.4. The summed E-state index contributed by atoms with van der Waals surface area (Å²) in [4.78, 5) is 21.5. The first-order chi connectivity index (χ1) is 26.0. The zero-order valence-corrected chi connectivity index (χ0v) is 34.4. The van der Waals surface area contributed by atoms with Crippen molar-refractivity contribution < 1.29 is 9.53 Å². The second kappa shape index (κ2) is 15.2. The van der Waals surface area contributed by atoms with Crippen LogP contribution in [0.2, 0.25) is 0 Å². The van der Waals surface area contributed by atoms with Gasteiger partial charge in [-0.2, -0.15) is 0 Å². The summed E-state index contributed by atoms with van der Waals surface area (Å²) in [6, 6.07) is 8.42. The number of urea groups is 1. The van der Waals surface area contributed by atoms with Crippen LogP contribution in [0.1, 0.15) is 130 Å². The van der Waals surface area contributed by atoms with E-state index in [0.717, 1.165) is 90.1 Å². The molecule has 2 amide bonds. The van der Waals surface area contributed by atoms with Crippen LogP contribution in [0.4, 0.5) is 4.79 Å². The Morgan fingerprint density at radius 2 is 1.93 bits per heavy atom. The summed E-state index contributed by atoms with van der Waals surface area (Å²) < 4.78 is 5.65. The molecule has 294 valence electrons. The van der Waals surface area contributed by atoms with Gasteiger partial charge in [0.15, 0.2) is 0 Å². The number of rotatable bonds is 11. The van der Waals surface area contributed by atoms with Gasteiger partial charge in [-0.3, -0.25) is 9.88 Å². The van der Waals surface area contributed by atoms with E-state index in [-0.39, 0.29) is 29.6 Å². The van der Waals surface area contributed by atoms with E-state index in [2.05, 4.69) is 81.0 Å². The van der Waals surface area contributed by atoms with Gasteiger partial charge in [0, 0.05) is 30.2 Å². The van der Waals surface area contributed by atoms with Gasteiger partial charge in [-0.05, 0) is 159 Å². The molecule has 6 fully saturated rings. The Morgan fingerprint density at radius 1 is 1.07 bits per heavy atom. The topological polar surface area (TPSA) is 66.5 Å². The maximum atomic E-state index is 14.2. The molecule has 2 bridgehead atoms. The number of pyridine rings is 1. The van der Waals surface area contributed by atoms with E-state index >= 15 is 0 Å². The first-order valence-corrected chi connectivity index (χ1v) is 22.1. The Kier molecular flexibility index (Phi) is 10.7. The lowest BCUT2D eigenvalue weighted by Gasteiger charge is -2.58. The number of hydrogen-bond donors (Lipinski definition) is 2. The molecule has 13 atom stereocenters. The van der Waals surface area contributed by atoms with Crippen molar-refractivity contribution in [3.63, 3.8) is 0 Å². The normalized spacial score (nSPS) is 38.1. The van der Waals surface area contributed by atoms with Crippen molar-refractivity contribution in [2.75, 3.05) is 20.2 Å². The van der Waals surface area contributed by atoms with Crippen molar-refractivity contribution >= 4 is 16.9 Å². The molecule has 2 aromatic rings. The third-order valence-corrected chi connectivity index (χ3v) is 16.8. The predicted molar refractivity (Wildman–Crippen MR) is 221 cm³/mol. The van der Waals surface area contributed by atoms with Crippen molar-refractivity contribution in [1.29, 1.82) is 0 Å². The molecule has 6 nitrogen and oxygen atoms in total. The number of ether oxygens (including phenoxy) is 1. The molecule has 3 saturated carbocycles. The smallest absolute Gasteiger partial charge is 0.315 e. The SMILES string of the molecule is C=C[C@H]1CN2CC[C@H]1C[C@H]2[C@H](NC(=O)N[C@H]1CC[C@@]2(C)C(=CC[C@H]3[C@@H]4CC[C@H]([C@H](C)CCCC(C)C)[C@@]4(C)CC[C@@H]32)C1)c1ccnc2ccc(OC)cc12. The number of aromatic nitrogens is 1. The van der Waals surface area contributed by atoms with Gasteiger partial charge in [0.05, 0.1) is 18.7 Å². The highest BCUT2D eigenvalue weighted by atomic mass is 16.5. The minimum Gasteiger partial charge on any atom is -0.497 e. The zero-order chi connectivity index (χ0) is 37.8. The Bertz CT molecular complexity index is 1720. The van der Waals surface area contributed by atoms with Crippen molar-refractivity contribution in [3.8, 4) is 5.75 Å². The number of methoxy groups -OCH3 is 1. The largest absolute Gasteiger partial charge is 0.497 e. The van der Waals surface area contributed by atoms with Crippen LogP contribution >= 0.6 is 0 Å². The molecule has 4 aliphatic carbocycles. The van der Waals surface area contributed by atoms with E-state index < -0.39 is 0 Å². The fourth-order valence-corrected chi connectivity index (χ4v) is 13.8. The number of nitrogens with one attached hydrogen (secondary N) is 2. The van der Waals surface area contributed by atoms with Gasteiger partial charge in [-0.1, -0.05) is 71.6 Å². The highest BCUT2D eigenvalue weighted by Crippen LogP contribution is 2.67. The van der Waals surface area contributed by atoms with E-state index in [1.165, 1.54) is 64.2 Å². The molecule has 9 rings (SSSR count). The first kappa shape index (κ1) is 38.0. The Morgan fingerprint density at radius 3 is 2.69 bits per heavy atom. The Hall–Kier alpha value is -2.86. The van der Waals surface area contributed by atoms with Gasteiger partial charge in [0.25, 0.3) is 0 Å². The third kappa shape index (κ3) is 6.83. The van der Waals surface area contributed by atoms with Crippen molar-refractivity contribution in [3.05, 3.63) is 60.3 Å². The first-order valence-electron chi connectivity index (χ1n) is 22.1. The quantitative estimate of drug-likeness (QED) is 0.226. The van der Waals surface area contributed by atoms with Crippen LogP contribution in [0, 0.1) is 58.2 Å². The second-order valence-electron chi connectivity index (χ2n) is 19.9. The maximum absolute atomic E-state index is 14.2. The number of amides is 2. The molecule has 7 aliphatic rings. The molecule has 4 heterocycles. The number of fused-ring (bicyclic) bond motifs is 9. The standard InChI is InChI=1S/C48H70N4O2/c1-8-32-29-52-25-21-33(32)26-44(52)45(37-20-24-49-43-17-13-36(54-7)28-39(37)43)51-46(53)50-35-18-22-47(5)34(27-35)12-14-38-41-16-15-40(31(4)11-9-10-30(2)3)48(41,6)23-19-42(38)47/h8,12-13,17,20,24,28,30-33,35,38,40-42,44-45H,1,9-11,14-16,18-19,21-23,25-27,29H2,2-7H3,(H2,50,51,53)/t31-,32+,33+,35+,38+,40-,41+,42+,44+,45-,47+,48-/m1/s1. The number of benzene rings is 1. The summed E-state index contributed by atoms with van der Waals surface area (Å²) in [6.07, 6.45) is 23.3. The monoisotopic (exact) mass is 735 g/mol. The van der Waals surface area contributed by atoms with Gasteiger partial charge in [-0.25, -0.2) is 4.79 Å². The molecular weight excluding hydrogens is 665 g/mol. The van der Waals surface area contributed by atoms with E-state index in [4.69, 9.17) is 9.72 Å². The van der Waals surface area contributed by atoms with Gasteiger partial charge < -0.3 is 15.4 Å². The number of allylic oxidation sites excluding steroid dienone is 1. The lowest BCUT2D eigenvalue weighted by Crippen LogP contribution is -2.58. The van der Waals surface area contributed by atoms with E-state index in [0.29, 0.717) is 17.3 Å². The van der Waals surface area contributed by atoms with Crippen molar-refractivity contribution in [2.45, 2.75) is 136 Å². The molecule has 54 heavy (non-hydrogen) atoms. The number of carbonyl (C=O) groups excluding carboxylic acids is 1. The van der Waals surface area contributed by atoms with Crippen LogP contribution in [0.15, 0.2) is 54.8 Å². The molecule has 1 unspecified atom stereocenters. The second-order valence-corrected chi connectivity index (χ2v) is 19.9. The molecule has 6 heteroatoms. The van der Waals surface area contributed by atoms with Gasteiger partial charge in [0.1, 0.15) is 5.75 Å². The summed E-state index contributed by atoms with van der Waals surface area (Å²) in [5.74, 6) is 7.00. The van der Waals surface area contributed by atoms with Crippen LogP contribution in [0.5, 0.6) is 5.75 Å². The van der Waals surface area contributed by atoms with Crippen molar-refractivity contribution in [2.24, 2.45) is 58.2 Å². The fourth-order valence-electron chi connectivity index (χ4n) is 13.8. The van der Waals surface area contributed by atoms with Crippen LogP contribution in [-0.2, 0) is 0 Å². The number of nitrogens with zero attached hydrogens (tertiary/aromatic N) is 2.